The first-order valence-electron chi connectivity index (χ1n) is 20.8. The quantitative estimate of drug-likeness (QED) is 0.0528. The predicted molar refractivity (Wildman–Crippen MR) is 251 cm³/mol. The van der Waals surface area contributed by atoms with Crippen molar-refractivity contribution in [1.82, 2.24) is 15.3 Å². The van der Waals surface area contributed by atoms with Gasteiger partial charge in [0.05, 0.1) is 30.8 Å². The molecule has 2 heterocycles. The number of hydrogen-bond donors (Lipinski definition) is 4. The molecule has 67 heavy (non-hydrogen) atoms. The molecule has 1 amide bonds. The Morgan fingerprint density at radius 3 is 1.61 bits per heavy atom. The lowest BCUT2D eigenvalue weighted by atomic mass is 9.94. The number of carbonyl (C=O) groups excluding carboxylic acids is 2. The van der Waals surface area contributed by atoms with E-state index in [1.54, 1.807) is 38.1 Å². The third-order valence-corrected chi connectivity index (χ3v) is 10.1. The van der Waals surface area contributed by atoms with Gasteiger partial charge in [0.25, 0.3) is 5.91 Å². The summed E-state index contributed by atoms with van der Waals surface area (Å²) >= 11 is 11.9. The molecule has 2 aromatic heterocycles. The molecule has 13 nitrogen and oxygen atoms in total. The Bertz CT molecular complexity index is 2540. The number of nitrogens with two attached hydrogens (primary N) is 1. The van der Waals surface area contributed by atoms with Crippen LogP contribution in [0.15, 0.2) is 119 Å². The van der Waals surface area contributed by atoms with Gasteiger partial charge in [-0.2, -0.15) is 0 Å². The summed E-state index contributed by atoms with van der Waals surface area (Å²) < 4.78 is 42.4. The second kappa shape index (κ2) is 28.2. The zero-order valence-electron chi connectivity index (χ0n) is 37.5. The molecule has 0 saturated carbocycles. The van der Waals surface area contributed by atoms with Crippen molar-refractivity contribution in [2.24, 2.45) is 17.6 Å². The van der Waals surface area contributed by atoms with Gasteiger partial charge < -0.3 is 34.8 Å². The summed E-state index contributed by atoms with van der Waals surface area (Å²) in [5.74, 6) is 0.997. The van der Waals surface area contributed by atoms with E-state index in [1.807, 2.05) is 57.2 Å². The first-order chi connectivity index (χ1) is 31.9. The number of carboxylic acid groups (broad SMARTS) is 2. The maximum Gasteiger partial charge on any atom is 0.373 e. The molecule has 0 aliphatic carbocycles. The number of carbonyl (C=O) groups is 4. The number of aromatic nitrogens is 2. The summed E-state index contributed by atoms with van der Waals surface area (Å²) in [4.78, 5) is 52.3. The third kappa shape index (κ3) is 18.9. The average Bonchev–Trinajstić information content (AvgIpc) is 4.06. The molecule has 6 rings (SSSR count). The highest BCUT2D eigenvalue weighted by Crippen LogP contribution is 2.28. The van der Waals surface area contributed by atoms with E-state index in [4.69, 9.17) is 43.2 Å². The summed E-state index contributed by atoms with van der Waals surface area (Å²) in [5, 5.41) is 21.1. The van der Waals surface area contributed by atoms with Crippen LogP contribution < -0.4 is 11.1 Å². The number of aromatic carboxylic acids is 1. The highest BCUT2D eigenvalue weighted by atomic mass is 35.5. The third-order valence-electron chi connectivity index (χ3n) is 9.66. The van der Waals surface area contributed by atoms with Gasteiger partial charge in [-0.15, -0.1) is 11.8 Å². The number of oxazole rings is 2. The van der Waals surface area contributed by atoms with Crippen LogP contribution in [0.2, 0.25) is 10.0 Å². The maximum atomic E-state index is 14.1. The van der Waals surface area contributed by atoms with Crippen LogP contribution in [-0.4, -0.2) is 62.7 Å². The topological polar surface area (TPSA) is 208 Å². The number of nitrogens with one attached hydrogen (secondary N) is 1. The number of benzene rings is 4. The molecule has 4 aromatic carbocycles. The van der Waals surface area contributed by atoms with Crippen molar-refractivity contribution in [3.8, 4) is 34.1 Å². The lowest BCUT2D eigenvalue weighted by Crippen LogP contribution is -2.38. The minimum absolute atomic E-state index is 0.0507. The summed E-state index contributed by atoms with van der Waals surface area (Å²) in [6.07, 6.45) is 6.49. The van der Waals surface area contributed by atoms with E-state index in [-0.39, 0.29) is 47.5 Å². The Balaban J connectivity index is 0.000000288. The smallest absolute Gasteiger partial charge is 0.373 e. The van der Waals surface area contributed by atoms with E-state index in [1.165, 1.54) is 30.5 Å². The summed E-state index contributed by atoms with van der Waals surface area (Å²) in [7, 11) is 0. The maximum absolute atomic E-state index is 14.1. The number of amides is 1. The number of halogens is 4. The summed E-state index contributed by atoms with van der Waals surface area (Å²) in [6.45, 7) is 9.21. The molecular weight excluding hydrogens is 909 g/mol. The minimum Gasteiger partial charge on any atom is -0.481 e. The first kappa shape index (κ1) is 54.5. The van der Waals surface area contributed by atoms with E-state index in [2.05, 4.69) is 31.5 Å². The average molecular weight is 962 g/mol. The Morgan fingerprint density at radius 2 is 1.21 bits per heavy atom. The molecule has 0 unspecified atom stereocenters. The molecule has 0 saturated heterocycles. The standard InChI is InChI=1S/C22H20ClFN2O4.C20H23ClFNO2.C4H3NO3.C4H6/c1-13(22(28)29)8-17(26-21(27)20-11-25-12-30-20)9-14-2-4-15(5-3-14)18-10-16(23)6-7-19(18)24;1-3-25-20(24)13(2)10-17(23)11-14-4-6-15(7-5-14)18-12-16(21)8-9-19(18)22;6-4(7)3-1-5-2-8-3;1-3-4-2/h2-7,10-13,17H,8-9H2,1H3,(H,26,27)(H,28,29);4-9,12-13,17H,3,10-11,23H2,1-2H3;1-2H,(H,6,7);1-2H3/t2*13-,17+;;/m11../s1. The minimum atomic E-state index is -1.09. The van der Waals surface area contributed by atoms with E-state index in [0.717, 1.165) is 35.7 Å². The number of ether oxygens (including phenoxy) is 1. The fourth-order valence-corrected chi connectivity index (χ4v) is 6.55. The first-order valence-corrected chi connectivity index (χ1v) is 21.6. The monoisotopic (exact) mass is 960 g/mol. The van der Waals surface area contributed by atoms with Crippen LogP contribution >= 0.6 is 23.2 Å². The van der Waals surface area contributed by atoms with Crippen molar-refractivity contribution < 1.29 is 51.7 Å². The number of esters is 1. The number of carboxylic acids is 2. The zero-order valence-corrected chi connectivity index (χ0v) is 39.0. The Morgan fingerprint density at radius 1 is 0.731 bits per heavy atom. The number of rotatable bonds is 16. The number of hydrogen-bond acceptors (Lipinski definition) is 10. The van der Waals surface area contributed by atoms with Crippen molar-refractivity contribution in [3.63, 3.8) is 0 Å². The van der Waals surface area contributed by atoms with Gasteiger partial charge in [0.2, 0.25) is 11.5 Å². The highest BCUT2D eigenvalue weighted by molar-refractivity contribution is 6.31. The second-order valence-electron chi connectivity index (χ2n) is 14.9. The van der Waals surface area contributed by atoms with Gasteiger partial charge in [0, 0.05) is 33.3 Å². The van der Waals surface area contributed by atoms with Gasteiger partial charge in [0.1, 0.15) is 11.6 Å². The lowest BCUT2D eigenvalue weighted by Gasteiger charge is -2.20. The molecule has 5 N–H and O–H groups in total. The molecule has 6 aromatic rings. The van der Waals surface area contributed by atoms with Crippen molar-refractivity contribution in [3.05, 3.63) is 154 Å². The largest absolute Gasteiger partial charge is 0.481 e. The van der Waals surface area contributed by atoms with Crippen LogP contribution in [0.25, 0.3) is 22.3 Å². The van der Waals surface area contributed by atoms with Crippen LogP contribution in [-0.2, 0) is 27.2 Å². The van der Waals surface area contributed by atoms with Crippen molar-refractivity contribution >= 4 is 47.0 Å². The summed E-state index contributed by atoms with van der Waals surface area (Å²) in [5.41, 5.74) is 10.3. The van der Waals surface area contributed by atoms with Crippen LogP contribution in [0.3, 0.4) is 0 Å². The zero-order chi connectivity index (χ0) is 49.5. The molecule has 0 radical (unpaired) electrons. The molecule has 4 atom stereocenters. The molecule has 17 heteroatoms. The lowest BCUT2D eigenvalue weighted by molar-refractivity contribution is -0.147. The van der Waals surface area contributed by atoms with Gasteiger partial charge in [-0.05, 0) is 105 Å². The van der Waals surface area contributed by atoms with Crippen LogP contribution in [0.5, 0.6) is 0 Å². The Labute approximate surface area is 397 Å². The number of aliphatic carboxylic acids is 1. The van der Waals surface area contributed by atoms with Crippen LogP contribution in [0.1, 0.15) is 79.7 Å². The SMILES string of the molecule is CC#CC.CCOC(=O)[C@H](C)C[C@H](N)Cc1ccc(-c2cc(Cl)ccc2F)cc1.C[C@H](C[C@@H](Cc1ccc(-c2cc(Cl)ccc2F)cc1)NC(=O)c1cnco1)C(=O)O.O=C(O)c1cnco1. The van der Waals surface area contributed by atoms with Crippen LogP contribution in [0.4, 0.5) is 8.78 Å². The summed E-state index contributed by atoms with van der Waals surface area (Å²) in [6, 6.07) is 23.0. The molecule has 0 bridgehead atoms. The van der Waals surface area contributed by atoms with Gasteiger partial charge in [0.15, 0.2) is 12.8 Å². The predicted octanol–water partition coefficient (Wildman–Crippen LogP) is 10.6. The Kier molecular flexibility index (Phi) is 23.0. The fourth-order valence-electron chi connectivity index (χ4n) is 6.21. The number of nitrogens with zero attached hydrogens (tertiary/aromatic N) is 2. The Hall–Kier alpha value is -6.86. The van der Waals surface area contributed by atoms with Crippen molar-refractivity contribution in [2.75, 3.05) is 6.61 Å². The van der Waals surface area contributed by atoms with Crippen molar-refractivity contribution in [2.45, 2.75) is 72.4 Å². The molecule has 0 fully saturated rings. The van der Waals surface area contributed by atoms with Gasteiger partial charge in [-0.25, -0.2) is 23.5 Å². The molecule has 0 aliphatic rings. The molecular formula is C50H52Cl2F2N4O9. The van der Waals surface area contributed by atoms with E-state index < -0.39 is 29.8 Å². The van der Waals surface area contributed by atoms with E-state index >= 15 is 0 Å². The van der Waals surface area contributed by atoms with E-state index in [9.17, 15) is 33.1 Å². The second-order valence-corrected chi connectivity index (χ2v) is 15.8. The molecule has 0 spiro atoms. The van der Waals surface area contributed by atoms with E-state index in [0.29, 0.717) is 52.6 Å². The van der Waals surface area contributed by atoms with Crippen LogP contribution in [0, 0.1) is 35.3 Å². The molecule has 0 aliphatic heterocycles. The van der Waals surface area contributed by atoms with Gasteiger partial charge in [-0.3, -0.25) is 14.4 Å². The van der Waals surface area contributed by atoms with Crippen molar-refractivity contribution in [1.29, 1.82) is 0 Å². The molecule has 354 valence electrons. The normalized spacial score (nSPS) is 12.0. The van der Waals surface area contributed by atoms with Gasteiger partial charge in [-0.1, -0.05) is 85.6 Å². The highest BCUT2D eigenvalue weighted by Gasteiger charge is 2.23. The fraction of sp³-hybridized carbons (Fsp3) is 0.280. The van der Waals surface area contributed by atoms with Gasteiger partial charge >= 0.3 is 17.9 Å².